The maximum absolute atomic E-state index is 13.8. The number of carbonyl (C=O) groups is 1. The summed E-state index contributed by atoms with van der Waals surface area (Å²) in [4.78, 5) is 12.0. The SMILES string of the molecule is C=CCC(C(=O)OC1(C)CCCCC1)C(F)(F)C(F)=C(F)F. The van der Waals surface area contributed by atoms with Crippen LogP contribution in [0.1, 0.15) is 45.4 Å². The first-order valence-electron chi connectivity index (χ1n) is 7.07. The van der Waals surface area contributed by atoms with Crippen LogP contribution in [0.3, 0.4) is 0 Å². The molecule has 0 aromatic heterocycles. The van der Waals surface area contributed by atoms with Gasteiger partial charge in [-0.15, -0.1) is 6.58 Å². The van der Waals surface area contributed by atoms with Crippen LogP contribution in [0, 0.1) is 5.92 Å². The fraction of sp³-hybridized carbons (Fsp3) is 0.667. The Kier molecular flexibility index (Phi) is 6.14. The highest BCUT2D eigenvalue weighted by molar-refractivity contribution is 5.75. The number of alkyl halides is 2. The van der Waals surface area contributed by atoms with Crippen molar-refractivity contribution in [1.82, 2.24) is 0 Å². The maximum Gasteiger partial charge on any atom is 0.317 e. The lowest BCUT2D eigenvalue weighted by Gasteiger charge is -2.35. The number of rotatable bonds is 6. The fourth-order valence-electron chi connectivity index (χ4n) is 2.55. The maximum atomic E-state index is 13.8. The topological polar surface area (TPSA) is 26.3 Å². The molecule has 0 radical (unpaired) electrons. The lowest BCUT2D eigenvalue weighted by atomic mass is 9.86. The van der Waals surface area contributed by atoms with E-state index < -0.39 is 41.7 Å². The van der Waals surface area contributed by atoms with Crippen LogP contribution in [0.5, 0.6) is 0 Å². The van der Waals surface area contributed by atoms with Crippen LogP contribution in [0.15, 0.2) is 24.6 Å². The summed E-state index contributed by atoms with van der Waals surface area (Å²) in [5.41, 5.74) is -0.917. The zero-order valence-electron chi connectivity index (χ0n) is 12.3. The molecule has 0 spiro atoms. The molecule has 1 atom stereocenters. The second-order valence-corrected chi connectivity index (χ2v) is 5.71. The van der Waals surface area contributed by atoms with Crippen molar-refractivity contribution in [2.45, 2.75) is 57.0 Å². The Balaban J connectivity index is 2.97. The van der Waals surface area contributed by atoms with E-state index >= 15 is 0 Å². The Bertz CT molecular complexity index is 449. The van der Waals surface area contributed by atoms with Gasteiger partial charge in [0.1, 0.15) is 11.5 Å². The summed E-state index contributed by atoms with van der Waals surface area (Å²) in [6, 6.07) is 0. The number of carbonyl (C=O) groups excluding carboxylic acids is 1. The van der Waals surface area contributed by atoms with E-state index in [2.05, 4.69) is 6.58 Å². The van der Waals surface area contributed by atoms with Crippen molar-refractivity contribution in [3.05, 3.63) is 24.6 Å². The van der Waals surface area contributed by atoms with Gasteiger partial charge >= 0.3 is 18.0 Å². The molecule has 2 nitrogen and oxygen atoms in total. The molecule has 0 amide bonds. The fourth-order valence-corrected chi connectivity index (χ4v) is 2.55. The van der Waals surface area contributed by atoms with Crippen molar-refractivity contribution >= 4 is 5.97 Å². The Labute approximate surface area is 126 Å². The van der Waals surface area contributed by atoms with E-state index in [-0.39, 0.29) is 0 Å². The second-order valence-electron chi connectivity index (χ2n) is 5.71. The predicted molar refractivity (Wildman–Crippen MR) is 71.2 cm³/mol. The molecule has 1 fully saturated rings. The highest BCUT2D eigenvalue weighted by Crippen LogP contribution is 2.40. The quantitative estimate of drug-likeness (QED) is 0.383. The number of esters is 1. The third-order valence-electron chi connectivity index (χ3n) is 3.84. The van der Waals surface area contributed by atoms with Gasteiger partial charge in [0.2, 0.25) is 5.83 Å². The molecule has 0 bridgehead atoms. The van der Waals surface area contributed by atoms with E-state index in [1.807, 2.05) is 0 Å². The Hall–Kier alpha value is -1.40. The van der Waals surface area contributed by atoms with Gasteiger partial charge < -0.3 is 4.74 Å². The van der Waals surface area contributed by atoms with Crippen molar-refractivity contribution in [2.24, 2.45) is 5.92 Å². The highest BCUT2D eigenvalue weighted by Gasteiger charge is 2.52. The Morgan fingerprint density at radius 3 is 2.27 bits per heavy atom. The van der Waals surface area contributed by atoms with Crippen molar-refractivity contribution in [3.8, 4) is 0 Å². The minimum Gasteiger partial charge on any atom is -0.459 e. The van der Waals surface area contributed by atoms with Crippen molar-refractivity contribution in [3.63, 3.8) is 0 Å². The third kappa shape index (κ3) is 4.30. The van der Waals surface area contributed by atoms with Crippen LogP contribution in [-0.4, -0.2) is 17.5 Å². The van der Waals surface area contributed by atoms with E-state index in [0.717, 1.165) is 25.3 Å². The first-order chi connectivity index (χ1) is 10.1. The van der Waals surface area contributed by atoms with Gasteiger partial charge in [0.05, 0.1) is 0 Å². The second kappa shape index (κ2) is 7.24. The summed E-state index contributed by atoms with van der Waals surface area (Å²) in [7, 11) is 0. The van der Waals surface area contributed by atoms with Gasteiger partial charge in [0.25, 0.3) is 0 Å². The molecular weight excluding hydrogens is 307 g/mol. The number of halogens is 5. The average Bonchev–Trinajstić information content (AvgIpc) is 2.43. The molecule has 1 aliphatic rings. The predicted octanol–water partition coefficient (Wildman–Crippen LogP) is 5.16. The molecule has 0 aliphatic heterocycles. The van der Waals surface area contributed by atoms with E-state index in [4.69, 9.17) is 4.74 Å². The van der Waals surface area contributed by atoms with Gasteiger partial charge in [-0.2, -0.15) is 22.0 Å². The number of hydrogen-bond donors (Lipinski definition) is 0. The summed E-state index contributed by atoms with van der Waals surface area (Å²) in [6.07, 6.45) is 0.649. The minimum atomic E-state index is -4.63. The Morgan fingerprint density at radius 2 is 1.82 bits per heavy atom. The summed E-state index contributed by atoms with van der Waals surface area (Å²) >= 11 is 0. The number of hydrogen-bond acceptors (Lipinski definition) is 2. The average molecular weight is 326 g/mol. The molecule has 0 saturated heterocycles. The van der Waals surface area contributed by atoms with Gasteiger partial charge in [-0.1, -0.05) is 12.5 Å². The first-order valence-corrected chi connectivity index (χ1v) is 7.07. The van der Waals surface area contributed by atoms with Crippen LogP contribution < -0.4 is 0 Å². The first kappa shape index (κ1) is 18.6. The van der Waals surface area contributed by atoms with Gasteiger partial charge in [0.15, 0.2) is 0 Å². The van der Waals surface area contributed by atoms with Crippen LogP contribution in [0.2, 0.25) is 0 Å². The molecule has 126 valence electrons. The van der Waals surface area contributed by atoms with Gasteiger partial charge in [-0.05, 0) is 39.0 Å². The van der Waals surface area contributed by atoms with E-state index in [1.165, 1.54) is 0 Å². The van der Waals surface area contributed by atoms with Crippen LogP contribution in [0.4, 0.5) is 22.0 Å². The summed E-state index contributed by atoms with van der Waals surface area (Å²) in [5.74, 6) is -11.3. The molecule has 0 N–H and O–H groups in total. The smallest absolute Gasteiger partial charge is 0.317 e. The normalized spacial score (nSPS) is 19.2. The lowest BCUT2D eigenvalue weighted by molar-refractivity contribution is -0.178. The molecule has 0 aromatic carbocycles. The summed E-state index contributed by atoms with van der Waals surface area (Å²) in [6.45, 7) is 4.80. The highest BCUT2D eigenvalue weighted by atomic mass is 19.3. The van der Waals surface area contributed by atoms with Gasteiger partial charge in [0, 0.05) is 0 Å². The van der Waals surface area contributed by atoms with Crippen molar-refractivity contribution < 1.29 is 31.5 Å². The number of ether oxygens (including phenoxy) is 1. The van der Waals surface area contributed by atoms with Crippen molar-refractivity contribution in [2.75, 3.05) is 0 Å². The molecule has 1 saturated carbocycles. The molecule has 0 aromatic rings. The summed E-state index contributed by atoms with van der Waals surface area (Å²) < 4.78 is 70.1. The zero-order chi connectivity index (χ0) is 17.0. The molecule has 1 unspecified atom stereocenters. The van der Waals surface area contributed by atoms with Crippen LogP contribution in [-0.2, 0) is 9.53 Å². The molecule has 1 rings (SSSR count). The summed E-state index contributed by atoms with van der Waals surface area (Å²) in [5, 5.41) is 0. The third-order valence-corrected chi connectivity index (χ3v) is 3.84. The van der Waals surface area contributed by atoms with Gasteiger partial charge in [-0.3, -0.25) is 4.79 Å². The molecule has 7 heteroatoms. The monoisotopic (exact) mass is 326 g/mol. The van der Waals surface area contributed by atoms with Gasteiger partial charge in [-0.25, -0.2) is 0 Å². The van der Waals surface area contributed by atoms with Crippen LogP contribution in [0.25, 0.3) is 0 Å². The standard InChI is InChI=1S/C15H19F5O2/c1-3-7-10(15(19,20)11(16)12(17)18)13(21)22-14(2)8-5-4-6-9-14/h3,10H,1,4-9H2,2H3. The largest absolute Gasteiger partial charge is 0.459 e. The minimum absolute atomic E-state index is 0.501. The van der Waals surface area contributed by atoms with E-state index in [9.17, 15) is 26.7 Å². The Morgan fingerprint density at radius 1 is 1.27 bits per heavy atom. The molecular formula is C15H19F5O2. The molecule has 1 aliphatic carbocycles. The molecule has 0 heterocycles. The molecule has 22 heavy (non-hydrogen) atoms. The number of allylic oxidation sites excluding steroid dienone is 2. The van der Waals surface area contributed by atoms with Crippen LogP contribution >= 0.6 is 0 Å². The lowest BCUT2D eigenvalue weighted by Crippen LogP contribution is -2.42. The van der Waals surface area contributed by atoms with Crippen molar-refractivity contribution in [1.29, 1.82) is 0 Å². The zero-order valence-corrected chi connectivity index (χ0v) is 12.3. The van der Waals surface area contributed by atoms with E-state index in [0.29, 0.717) is 12.8 Å². The van der Waals surface area contributed by atoms with E-state index in [1.54, 1.807) is 6.92 Å².